The van der Waals surface area contributed by atoms with E-state index in [0.717, 1.165) is 6.07 Å². The van der Waals surface area contributed by atoms with Gasteiger partial charge in [-0.15, -0.1) is 0 Å². The average Bonchev–Trinajstić information content (AvgIpc) is 2.28. The van der Waals surface area contributed by atoms with Crippen LogP contribution in [-0.4, -0.2) is 35.8 Å². The summed E-state index contributed by atoms with van der Waals surface area (Å²) in [5.74, 6) is -3.72. The molecule has 0 fully saturated rings. The summed E-state index contributed by atoms with van der Waals surface area (Å²) in [7, 11) is 0. The highest BCUT2D eigenvalue weighted by Gasteiger charge is 2.27. The van der Waals surface area contributed by atoms with Gasteiger partial charge in [-0.25, -0.2) is 13.2 Å². The molecule has 0 radical (unpaired) electrons. The van der Waals surface area contributed by atoms with Gasteiger partial charge in [-0.1, -0.05) is 12.1 Å². The molecule has 0 heterocycles. The lowest BCUT2D eigenvalue weighted by atomic mass is 10.1. The molecule has 1 aromatic rings. The molecular weight excluding hydrogens is 235 g/mol. The van der Waals surface area contributed by atoms with Crippen LogP contribution >= 0.6 is 0 Å². The Kier molecular flexibility index (Phi) is 4.92. The number of aliphatic hydroxyl groups is 2. The molecule has 0 bridgehead atoms. The van der Waals surface area contributed by atoms with E-state index in [9.17, 15) is 18.3 Å². The van der Waals surface area contributed by atoms with Crippen LogP contribution in [-0.2, 0) is 0 Å². The van der Waals surface area contributed by atoms with Crippen molar-refractivity contribution in [2.45, 2.75) is 12.0 Å². The lowest BCUT2D eigenvalue weighted by molar-refractivity contribution is -0.0488. The molecule has 0 amide bonds. The van der Waals surface area contributed by atoms with Gasteiger partial charge in [-0.05, 0) is 17.7 Å². The third kappa shape index (κ3) is 4.72. The van der Waals surface area contributed by atoms with Crippen molar-refractivity contribution in [3.05, 3.63) is 35.6 Å². The van der Waals surface area contributed by atoms with Crippen molar-refractivity contribution in [2.24, 2.45) is 0 Å². The van der Waals surface area contributed by atoms with Gasteiger partial charge in [0.05, 0.1) is 12.6 Å². The molecule has 96 valence electrons. The van der Waals surface area contributed by atoms with Gasteiger partial charge in [0.15, 0.2) is 0 Å². The number of nitrogens with one attached hydrogen (secondary N) is 1. The molecule has 3 nitrogen and oxygen atoms in total. The molecule has 0 saturated heterocycles. The summed E-state index contributed by atoms with van der Waals surface area (Å²) >= 11 is 0. The Bertz CT molecular complexity index is 360. The van der Waals surface area contributed by atoms with Crippen LogP contribution in [0.2, 0.25) is 0 Å². The fraction of sp³-hybridized carbons (Fsp3) is 0.455. The van der Waals surface area contributed by atoms with Crippen LogP contribution in [0, 0.1) is 5.82 Å². The summed E-state index contributed by atoms with van der Waals surface area (Å²) < 4.78 is 38.0. The van der Waals surface area contributed by atoms with Crippen molar-refractivity contribution >= 4 is 0 Å². The van der Waals surface area contributed by atoms with E-state index in [1.54, 1.807) is 0 Å². The number of alkyl halides is 2. The number of halogens is 3. The van der Waals surface area contributed by atoms with Crippen molar-refractivity contribution in [1.29, 1.82) is 0 Å². The van der Waals surface area contributed by atoms with Crippen molar-refractivity contribution in [1.82, 2.24) is 5.32 Å². The first-order valence-corrected chi connectivity index (χ1v) is 5.07. The van der Waals surface area contributed by atoms with E-state index in [-0.39, 0.29) is 6.54 Å². The zero-order chi connectivity index (χ0) is 12.9. The highest BCUT2D eigenvalue weighted by molar-refractivity contribution is 5.18. The molecule has 3 N–H and O–H groups in total. The fourth-order valence-electron chi connectivity index (χ4n) is 1.28. The Morgan fingerprint density at radius 2 is 2.06 bits per heavy atom. The summed E-state index contributed by atoms with van der Waals surface area (Å²) in [6, 6.07) is 5.29. The van der Waals surface area contributed by atoms with Gasteiger partial charge in [-0.3, -0.25) is 0 Å². The van der Waals surface area contributed by atoms with Crippen LogP contribution in [0.25, 0.3) is 0 Å². The van der Waals surface area contributed by atoms with E-state index in [4.69, 9.17) is 5.11 Å². The maximum atomic E-state index is 12.8. The van der Waals surface area contributed by atoms with E-state index in [2.05, 4.69) is 5.32 Å². The Morgan fingerprint density at radius 3 is 2.65 bits per heavy atom. The van der Waals surface area contributed by atoms with Crippen molar-refractivity contribution in [3.8, 4) is 0 Å². The first-order chi connectivity index (χ1) is 7.94. The second-order valence-electron chi connectivity index (χ2n) is 3.72. The molecule has 1 aromatic carbocycles. The molecular formula is C11H14F3NO2. The molecule has 0 aromatic heterocycles. The number of rotatable bonds is 6. The molecule has 1 unspecified atom stereocenters. The van der Waals surface area contributed by atoms with Crippen LogP contribution in [0.1, 0.15) is 11.7 Å². The highest BCUT2D eigenvalue weighted by atomic mass is 19.3. The van der Waals surface area contributed by atoms with E-state index < -0.39 is 31.0 Å². The minimum atomic E-state index is -3.22. The predicted octanol–water partition coefficient (Wildman–Crippen LogP) is 1.08. The van der Waals surface area contributed by atoms with E-state index in [1.165, 1.54) is 18.2 Å². The summed E-state index contributed by atoms with van der Waals surface area (Å²) in [6.45, 7) is -2.13. The third-order valence-electron chi connectivity index (χ3n) is 2.19. The van der Waals surface area contributed by atoms with Crippen LogP contribution in [0.5, 0.6) is 0 Å². The summed E-state index contributed by atoms with van der Waals surface area (Å²) in [5, 5.41) is 20.2. The monoisotopic (exact) mass is 249 g/mol. The maximum absolute atomic E-state index is 12.8. The molecule has 0 aliphatic carbocycles. The Balaban J connectivity index is 2.42. The number of hydrogen-bond acceptors (Lipinski definition) is 3. The van der Waals surface area contributed by atoms with Crippen molar-refractivity contribution in [3.63, 3.8) is 0 Å². The second-order valence-corrected chi connectivity index (χ2v) is 3.72. The zero-order valence-corrected chi connectivity index (χ0v) is 9.04. The van der Waals surface area contributed by atoms with Gasteiger partial charge in [0.1, 0.15) is 12.4 Å². The topological polar surface area (TPSA) is 52.5 Å². The van der Waals surface area contributed by atoms with Crippen molar-refractivity contribution in [2.75, 3.05) is 19.7 Å². The van der Waals surface area contributed by atoms with Crippen LogP contribution < -0.4 is 5.32 Å². The standard InChI is InChI=1S/C11H14F3NO2/c12-9-3-1-2-8(4-9)10(17)5-15-6-11(13,14)7-16/h1-4,10,15-17H,5-7H2. The lowest BCUT2D eigenvalue weighted by Gasteiger charge is -2.16. The van der Waals surface area contributed by atoms with E-state index in [0.29, 0.717) is 5.56 Å². The summed E-state index contributed by atoms with van der Waals surface area (Å²) in [6.07, 6.45) is -1.07. The highest BCUT2D eigenvalue weighted by Crippen LogP contribution is 2.14. The molecule has 0 aliphatic rings. The molecule has 0 spiro atoms. The first-order valence-electron chi connectivity index (χ1n) is 5.07. The maximum Gasteiger partial charge on any atom is 0.282 e. The van der Waals surface area contributed by atoms with E-state index >= 15 is 0 Å². The molecule has 6 heteroatoms. The van der Waals surface area contributed by atoms with Crippen LogP contribution in [0.3, 0.4) is 0 Å². The number of benzene rings is 1. The molecule has 0 aliphatic heterocycles. The molecule has 1 rings (SSSR count). The average molecular weight is 249 g/mol. The van der Waals surface area contributed by atoms with Crippen LogP contribution in [0.4, 0.5) is 13.2 Å². The van der Waals surface area contributed by atoms with Gasteiger partial charge in [0, 0.05) is 6.54 Å². The summed E-state index contributed by atoms with van der Waals surface area (Å²) in [4.78, 5) is 0. The fourth-order valence-corrected chi connectivity index (χ4v) is 1.28. The number of hydrogen-bond donors (Lipinski definition) is 3. The summed E-state index contributed by atoms with van der Waals surface area (Å²) in [5.41, 5.74) is 0.310. The second kappa shape index (κ2) is 6.00. The first kappa shape index (κ1) is 14.0. The van der Waals surface area contributed by atoms with Gasteiger partial charge in [-0.2, -0.15) is 0 Å². The van der Waals surface area contributed by atoms with Crippen molar-refractivity contribution < 1.29 is 23.4 Å². The van der Waals surface area contributed by atoms with E-state index in [1.807, 2.05) is 0 Å². The SMILES string of the molecule is OCC(F)(F)CNCC(O)c1cccc(F)c1. The zero-order valence-electron chi connectivity index (χ0n) is 9.04. The smallest absolute Gasteiger partial charge is 0.282 e. The molecule has 17 heavy (non-hydrogen) atoms. The quantitative estimate of drug-likeness (QED) is 0.707. The molecule has 1 atom stereocenters. The number of aliphatic hydroxyl groups excluding tert-OH is 2. The van der Waals surface area contributed by atoms with Gasteiger partial charge in [0.25, 0.3) is 5.92 Å². The normalized spacial score (nSPS) is 13.7. The minimum Gasteiger partial charge on any atom is -0.390 e. The lowest BCUT2D eigenvalue weighted by Crippen LogP contribution is -2.37. The van der Waals surface area contributed by atoms with Gasteiger partial charge >= 0.3 is 0 Å². The van der Waals surface area contributed by atoms with Gasteiger partial charge < -0.3 is 15.5 Å². The Morgan fingerprint density at radius 1 is 1.35 bits per heavy atom. The minimum absolute atomic E-state index is 0.140. The third-order valence-corrected chi connectivity index (χ3v) is 2.19. The van der Waals surface area contributed by atoms with Crippen LogP contribution in [0.15, 0.2) is 24.3 Å². The largest absolute Gasteiger partial charge is 0.390 e. The molecule has 0 saturated carbocycles. The van der Waals surface area contributed by atoms with Gasteiger partial charge in [0.2, 0.25) is 0 Å². The Labute approximate surface area is 96.9 Å². The Hall–Kier alpha value is -1.11. The predicted molar refractivity (Wildman–Crippen MR) is 56.3 cm³/mol.